The summed E-state index contributed by atoms with van der Waals surface area (Å²) in [5.74, 6) is -1.41. The number of rotatable bonds is 4. The molecule has 0 aliphatic carbocycles. The summed E-state index contributed by atoms with van der Waals surface area (Å²) < 4.78 is 0. The number of aliphatic hydroxyl groups excluding tert-OH is 2. The van der Waals surface area contributed by atoms with Gasteiger partial charge in [0.15, 0.2) is 5.60 Å². The van der Waals surface area contributed by atoms with E-state index in [-0.39, 0.29) is 6.42 Å². The Morgan fingerprint density at radius 2 is 2.09 bits per heavy atom. The lowest BCUT2D eigenvalue weighted by Gasteiger charge is -2.19. The Bertz CT molecular complexity index is 142. The lowest BCUT2D eigenvalue weighted by atomic mass is 9.99. The van der Waals surface area contributed by atoms with Gasteiger partial charge in [0, 0.05) is 6.42 Å². The normalized spacial score (nSPS) is 18.9. The molecule has 0 bridgehead atoms. The number of carboxylic acid groups (broad SMARTS) is 1. The van der Waals surface area contributed by atoms with Crippen LogP contribution in [0.4, 0.5) is 0 Å². The topological polar surface area (TPSA) is 98.0 Å². The molecule has 0 rings (SSSR count). The molecule has 0 aromatic heterocycles. The van der Waals surface area contributed by atoms with Crippen molar-refractivity contribution < 1.29 is 25.2 Å². The molecule has 0 spiro atoms. The molecule has 0 heterocycles. The van der Waals surface area contributed by atoms with Gasteiger partial charge in [0.05, 0.1) is 12.7 Å². The quantitative estimate of drug-likeness (QED) is 0.408. The Balaban J connectivity index is 4.01. The van der Waals surface area contributed by atoms with E-state index in [1.807, 2.05) is 0 Å². The number of hydrogen-bond donors (Lipinski definition) is 4. The summed E-state index contributed by atoms with van der Waals surface area (Å²) in [6.45, 7) is 0.512. The summed E-state index contributed by atoms with van der Waals surface area (Å²) in [6, 6.07) is 0. The highest BCUT2D eigenvalue weighted by Gasteiger charge is 2.32. The SMILES string of the molecule is CC(O)(CC(O)CO)C(=O)O. The van der Waals surface area contributed by atoms with Crippen LogP contribution in [-0.4, -0.2) is 44.7 Å². The highest BCUT2D eigenvalue weighted by atomic mass is 16.4. The summed E-state index contributed by atoms with van der Waals surface area (Å²) in [6.07, 6.45) is -1.57. The molecule has 0 aliphatic heterocycles. The average Bonchev–Trinajstić information content (AvgIpc) is 1.86. The van der Waals surface area contributed by atoms with Crippen LogP contribution in [0.25, 0.3) is 0 Å². The zero-order chi connectivity index (χ0) is 9.07. The van der Waals surface area contributed by atoms with E-state index >= 15 is 0 Å². The predicted octanol–water partition coefficient (Wildman–Crippen LogP) is -1.43. The van der Waals surface area contributed by atoms with Crippen LogP contribution in [0.3, 0.4) is 0 Å². The third kappa shape index (κ3) is 3.31. The van der Waals surface area contributed by atoms with E-state index in [0.29, 0.717) is 0 Å². The molecule has 2 atom stereocenters. The fourth-order valence-corrected chi connectivity index (χ4v) is 0.611. The highest BCUT2D eigenvalue weighted by molar-refractivity contribution is 5.76. The van der Waals surface area contributed by atoms with Gasteiger partial charge < -0.3 is 20.4 Å². The van der Waals surface area contributed by atoms with E-state index < -0.39 is 24.3 Å². The summed E-state index contributed by atoms with van der Waals surface area (Å²) >= 11 is 0. The minimum Gasteiger partial charge on any atom is -0.479 e. The van der Waals surface area contributed by atoms with Crippen LogP contribution < -0.4 is 0 Å². The zero-order valence-electron chi connectivity index (χ0n) is 6.19. The van der Waals surface area contributed by atoms with Crippen molar-refractivity contribution in [2.24, 2.45) is 0 Å². The largest absolute Gasteiger partial charge is 0.479 e. The second-order valence-electron chi connectivity index (χ2n) is 2.62. The Kier molecular flexibility index (Phi) is 3.44. The third-order valence-electron chi connectivity index (χ3n) is 1.30. The van der Waals surface area contributed by atoms with E-state index in [2.05, 4.69) is 0 Å². The van der Waals surface area contributed by atoms with Crippen molar-refractivity contribution in [1.29, 1.82) is 0 Å². The third-order valence-corrected chi connectivity index (χ3v) is 1.30. The fourth-order valence-electron chi connectivity index (χ4n) is 0.611. The first-order valence-electron chi connectivity index (χ1n) is 3.15. The monoisotopic (exact) mass is 164 g/mol. The second kappa shape index (κ2) is 3.66. The fraction of sp³-hybridized carbons (Fsp3) is 0.833. The second-order valence-corrected chi connectivity index (χ2v) is 2.62. The number of carbonyl (C=O) groups is 1. The molecule has 66 valence electrons. The maximum Gasteiger partial charge on any atom is 0.335 e. The summed E-state index contributed by atoms with van der Waals surface area (Å²) in [4.78, 5) is 10.2. The van der Waals surface area contributed by atoms with Crippen molar-refractivity contribution in [2.75, 3.05) is 6.61 Å². The van der Waals surface area contributed by atoms with E-state index in [0.717, 1.165) is 6.92 Å². The summed E-state index contributed by atoms with van der Waals surface area (Å²) in [5, 5.41) is 34.5. The zero-order valence-corrected chi connectivity index (χ0v) is 6.19. The molecule has 0 aliphatic rings. The average molecular weight is 164 g/mol. The standard InChI is InChI=1S/C6H12O5/c1-6(11,5(9)10)2-4(8)3-7/h4,7-8,11H,2-3H2,1H3,(H,9,10). The van der Waals surface area contributed by atoms with E-state index in [4.69, 9.17) is 20.4 Å². The van der Waals surface area contributed by atoms with Gasteiger partial charge in [-0.1, -0.05) is 0 Å². The van der Waals surface area contributed by atoms with Crippen molar-refractivity contribution in [1.82, 2.24) is 0 Å². The van der Waals surface area contributed by atoms with Gasteiger partial charge in [-0.3, -0.25) is 0 Å². The van der Waals surface area contributed by atoms with Gasteiger partial charge in [-0.25, -0.2) is 4.79 Å². The van der Waals surface area contributed by atoms with Crippen molar-refractivity contribution in [3.63, 3.8) is 0 Å². The van der Waals surface area contributed by atoms with Crippen LogP contribution in [0.5, 0.6) is 0 Å². The highest BCUT2D eigenvalue weighted by Crippen LogP contribution is 2.11. The van der Waals surface area contributed by atoms with Crippen LogP contribution in [0, 0.1) is 0 Å². The maximum absolute atomic E-state index is 10.2. The molecular weight excluding hydrogens is 152 g/mol. The lowest BCUT2D eigenvalue weighted by Crippen LogP contribution is -2.39. The molecule has 11 heavy (non-hydrogen) atoms. The van der Waals surface area contributed by atoms with Gasteiger partial charge >= 0.3 is 5.97 Å². The smallest absolute Gasteiger partial charge is 0.335 e. The molecule has 0 saturated heterocycles. The Morgan fingerprint density at radius 1 is 1.64 bits per heavy atom. The van der Waals surface area contributed by atoms with Crippen LogP contribution in [0.1, 0.15) is 13.3 Å². The van der Waals surface area contributed by atoms with Crippen molar-refractivity contribution in [3.05, 3.63) is 0 Å². The molecule has 5 heteroatoms. The first kappa shape index (κ1) is 10.3. The first-order chi connectivity index (χ1) is 4.90. The number of aliphatic hydroxyl groups is 3. The number of aliphatic carboxylic acids is 1. The van der Waals surface area contributed by atoms with Gasteiger partial charge in [-0.05, 0) is 6.92 Å². The first-order valence-corrected chi connectivity index (χ1v) is 3.15. The van der Waals surface area contributed by atoms with Gasteiger partial charge in [0.1, 0.15) is 0 Å². The molecular formula is C6H12O5. The molecule has 0 saturated carbocycles. The van der Waals surface area contributed by atoms with Crippen LogP contribution in [0.2, 0.25) is 0 Å². The Labute approximate surface area is 63.9 Å². The molecule has 4 N–H and O–H groups in total. The van der Waals surface area contributed by atoms with E-state index in [9.17, 15) is 4.79 Å². The van der Waals surface area contributed by atoms with Gasteiger partial charge in [-0.15, -0.1) is 0 Å². The predicted molar refractivity (Wildman–Crippen MR) is 36.0 cm³/mol. The molecule has 5 nitrogen and oxygen atoms in total. The van der Waals surface area contributed by atoms with Gasteiger partial charge in [0.2, 0.25) is 0 Å². The maximum atomic E-state index is 10.2. The van der Waals surface area contributed by atoms with Crippen molar-refractivity contribution in [2.45, 2.75) is 25.0 Å². The van der Waals surface area contributed by atoms with E-state index in [1.54, 1.807) is 0 Å². The van der Waals surface area contributed by atoms with Gasteiger partial charge in [0.25, 0.3) is 0 Å². The van der Waals surface area contributed by atoms with E-state index in [1.165, 1.54) is 0 Å². The van der Waals surface area contributed by atoms with Crippen LogP contribution in [-0.2, 0) is 4.79 Å². The molecule has 0 aromatic carbocycles. The summed E-state index contributed by atoms with van der Waals surface area (Å²) in [5.41, 5.74) is -1.97. The van der Waals surface area contributed by atoms with Gasteiger partial charge in [-0.2, -0.15) is 0 Å². The Hall–Kier alpha value is -0.650. The van der Waals surface area contributed by atoms with Crippen molar-refractivity contribution >= 4 is 5.97 Å². The molecule has 2 unspecified atom stereocenters. The van der Waals surface area contributed by atoms with Crippen LogP contribution >= 0.6 is 0 Å². The Morgan fingerprint density at radius 3 is 2.36 bits per heavy atom. The number of hydrogen-bond acceptors (Lipinski definition) is 4. The molecule has 0 radical (unpaired) electrons. The minimum absolute atomic E-state index is 0.376. The molecule has 0 aromatic rings. The molecule has 0 fully saturated rings. The lowest BCUT2D eigenvalue weighted by molar-refractivity contribution is -0.160. The minimum atomic E-state index is -1.97. The van der Waals surface area contributed by atoms with Crippen molar-refractivity contribution in [3.8, 4) is 0 Å². The number of carboxylic acids is 1. The van der Waals surface area contributed by atoms with Crippen LogP contribution in [0.15, 0.2) is 0 Å². The summed E-state index contributed by atoms with van der Waals surface area (Å²) in [7, 11) is 0. The molecule has 0 amide bonds.